The number of aliphatic hydroxyl groups is 2. The molecule has 4 aliphatic rings. The summed E-state index contributed by atoms with van der Waals surface area (Å²) in [4.78, 5) is 11.7. The Morgan fingerprint density at radius 1 is 1.23 bits per heavy atom. The van der Waals surface area contributed by atoms with Gasteiger partial charge in [0.1, 0.15) is 0 Å². The zero-order chi connectivity index (χ0) is 15.7. The van der Waals surface area contributed by atoms with E-state index in [-0.39, 0.29) is 34.7 Å². The van der Waals surface area contributed by atoms with Gasteiger partial charge in [-0.05, 0) is 61.0 Å². The van der Waals surface area contributed by atoms with Crippen LogP contribution in [0.25, 0.3) is 0 Å². The van der Waals surface area contributed by atoms with Crippen molar-refractivity contribution >= 4 is 5.78 Å². The predicted octanol–water partition coefficient (Wildman–Crippen LogP) is 2.63. The zero-order valence-corrected chi connectivity index (χ0v) is 13.5. The maximum absolute atomic E-state index is 11.7. The minimum Gasteiger partial charge on any atom is -0.393 e. The van der Waals surface area contributed by atoms with Crippen LogP contribution in [0.3, 0.4) is 0 Å². The normalized spacial score (nSPS) is 53.5. The van der Waals surface area contributed by atoms with Crippen molar-refractivity contribution < 1.29 is 15.0 Å². The van der Waals surface area contributed by atoms with Crippen molar-refractivity contribution in [3.63, 3.8) is 0 Å². The van der Waals surface area contributed by atoms with Gasteiger partial charge in [-0.3, -0.25) is 4.79 Å². The minimum absolute atomic E-state index is 0.0363. The van der Waals surface area contributed by atoms with E-state index >= 15 is 0 Å². The first-order valence-corrected chi connectivity index (χ1v) is 8.66. The van der Waals surface area contributed by atoms with Gasteiger partial charge in [-0.1, -0.05) is 25.5 Å². The number of hydrogen-bond acceptors (Lipinski definition) is 3. The molecule has 0 spiro atoms. The molecule has 3 saturated carbocycles. The van der Waals surface area contributed by atoms with Crippen molar-refractivity contribution in [2.75, 3.05) is 0 Å². The second-order valence-corrected chi connectivity index (χ2v) is 8.39. The van der Waals surface area contributed by atoms with Crippen LogP contribution < -0.4 is 0 Å². The van der Waals surface area contributed by atoms with Crippen molar-refractivity contribution in [1.29, 1.82) is 0 Å². The summed E-state index contributed by atoms with van der Waals surface area (Å²) in [6.45, 7) is 4.43. The molecular weight excluding hydrogens is 276 g/mol. The lowest BCUT2D eigenvalue weighted by Crippen LogP contribution is -2.52. The molecule has 3 heteroatoms. The Morgan fingerprint density at radius 2 is 2.00 bits per heavy atom. The van der Waals surface area contributed by atoms with E-state index in [1.807, 2.05) is 6.08 Å². The Bertz CT molecular complexity index is 577. The van der Waals surface area contributed by atoms with E-state index in [2.05, 4.69) is 19.9 Å². The van der Waals surface area contributed by atoms with Gasteiger partial charge in [0.15, 0.2) is 5.78 Å². The summed E-state index contributed by atoms with van der Waals surface area (Å²) >= 11 is 0. The van der Waals surface area contributed by atoms with Crippen LogP contribution in [0.1, 0.15) is 46.0 Å². The van der Waals surface area contributed by atoms with Crippen LogP contribution in [0.4, 0.5) is 0 Å². The quantitative estimate of drug-likeness (QED) is 0.723. The highest BCUT2D eigenvalue weighted by atomic mass is 16.3. The second-order valence-electron chi connectivity index (χ2n) is 8.39. The Hall–Kier alpha value is -0.930. The molecule has 22 heavy (non-hydrogen) atoms. The number of hydrogen-bond donors (Lipinski definition) is 2. The fourth-order valence-electron chi connectivity index (χ4n) is 6.23. The van der Waals surface area contributed by atoms with Crippen molar-refractivity contribution in [1.82, 2.24) is 0 Å². The molecule has 0 bridgehead atoms. The summed E-state index contributed by atoms with van der Waals surface area (Å²) in [6.07, 6.45) is 9.48. The SMILES string of the molecule is C[C@]12CC[C@H]3[C@@H](CCC4=CC(=O)C=C[C@@]43C)[C@@H]1[C@H](O)C[C@@H]2O. The maximum atomic E-state index is 11.7. The van der Waals surface area contributed by atoms with Gasteiger partial charge in [-0.15, -0.1) is 0 Å². The molecule has 0 aliphatic heterocycles. The molecule has 4 aliphatic carbocycles. The monoisotopic (exact) mass is 302 g/mol. The Morgan fingerprint density at radius 3 is 2.77 bits per heavy atom. The van der Waals surface area contributed by atoms with E-state index < -0.39 is 0 Å². The van der Waals surface area contributed by atoms with Crippen LogP contribution in [0, 0.1) is 28.6 Å². The number of carbonyl (C=O) groups is 1. The first-order valence-electron chi connectivity index (χ1n) is 8.66. The molecule has 0 aromatic carbocycles. The summed E-state index contributed by atoms with van der Waals surface area (Å²) in [5.41, 5.74) is 1.11. The van der Waals surface area contributed by atoms with E-state index in [0.29, 0.717) is 18.3 Å². The van der Waals surface area contributed by atoms with Crippen LogP contribution in [-0.2, 0) is 4.79 Å². The lowest BCUT2D eigenvalue weighted by Gasteiger charge is -2.56. The molecule has 0 amide bonds. The molecule has 0 unspecified atom stereocenters. The van der Waals surface area contributed by atoms with Crippen molar-refractivity contribution in [2.24, 2.45) is 28.6 Å². The third kappa shape index (κ3) is 1.73. The summed E-state index contributed by atoms with van der Waals surface area (Å²) in [6, 6.07) is 0. The lowest BCUT2D eigenvalue weighted by atomic mass is 9.48. The molecule has 7 atom stereocenters. The van der Waals surface area contributed by atoms with Crippen molar-refractivity contribution in [3.05, 3.63) is 23.8 Å². The van der Waals surface area contributed by atoms with E-state index in [0.717, 1.165) is 25.7 Å². The van der Waals surface area contributed by atoms with Crippen LogP contribution in [0.2, 0.25) is 0 Å². The first kappa shape index (κ1) is 14.6. The predicted molar refractivity (Wildman–Crippen MR) is 84.0 cm³/mol. The number of aliphatic hydroxyl groups excluding tert-OH is 2. The molecule has 3 fully saturated rings. The standard InChI is InChI=1S/C19H26O3/c1-18-7-5-12(20)9-11(18)3-4-13-14(18)6-8-19(2)16(22)10-15(21)17(13)19/h5,7,9,13-17,21-22H,3-4,6,8,10H2,1-2H3/t13-,14+,15-,16+,17-,18+,19-/m1/s1. The van der Waals surface area contributed by atoms with Gasteiger partial charge in [0, 0.05) is 11.8 Å². The molecule has 120 valence electrons. The second kappa shape index (κ2) is 4.55. The van der Waals surface area contributed by atoms with E-state index in [1.54, 1.807) is 6.08 Å². The van der Waals surface area contributed by atoms with Crippen LogP contribution in [0.5, 0.6) is 0 Å². The molecule has 4 rings (SSSR count). The average Bonchev–Trinajstić information content (AvgIpc) is 2.70. The van der Waals surface area contributed by atoms with Gasteiger partial charge in [-0.25, -0.2) is 0 Å². The van der Waals surface area contributed by atoms with E-state index in [9.17, 15) is 15.0 Å². The lowest BCUT2D eigenvalue weighted by molar-refractivity contribution is -0.111. The van der Waals surface area contributed by atoms with Gasteiger partial charge < -0.3 is 10.2 Å². The average molecular weight is 302 g/mol. The largest absolute Gasteiger partial charge is 0.393 e. The number of fused-ring (bicyclic) bond motifs is 5. The molecule has 0 aromatic rings. The van der Waals surface area contributed by atoms with Crippen molar-refractivity contribution in [2.45, 2.75) is 58.2 Å². The Labute approximate surface area is 132 Å². The van der Waals surface area contributed by atoms with Gasteiger partial charge in [-0.2, -0.15) is 0 Å². The minimum atomic E-state index is -0.379. The fourth-order valence-corrected chi connectivity index (χ4v) is 6.23. The molecule has 0 saturated heterocycles. The first-order chi connectivity index (χ1) is 10.4. The molecule has 0 heterocycles. The zero-order valence-electron chi connectivity index (χ0n) is 13.5. The smallest absolute Gasteiger partial charge is 0.178 e. The van der Waals surface area contributed by atoms with Gasteiger partial charge in [0.05, 0.1) is 12.2 Å². The highest BCUT2D eigenvalue weighted by molar-refractivity contribution is 6.01. The molecule has 0 radical (unpaired) electrons. The summed E-state index contributed by atoms with van der Waals surface area (Å²) in [5, 5.41) is 21.0. The van der Waals surface area contributed by atoms with Crippen LogP contribution >= 0.6 is 0 Å². The van der Waals surface area contributed by atoms with Crippen LogP contribution in [0.15, 0.2) is 23.8 Å². The van der Waals surface area contributed by atoms with Gasteiger partial charge >= 0.3 is 0 Å². The Balaban J connectivity index is 1.73. The fraction of sp³-hybridized carbons (Fsp3) is 0.737. The molecule has 0 aromatic heterocycles. The molecule has 2 N–H and O–H groups in total. The Kier molecular flexibility index (Phi) is 3.03. The maximum Gasteiger partial charge on any atom is 0.178 e. The van der Waals surface area contributed by atoms with Crippen molar-refractivity contribution in [3.8, 4) is 0 Å². The number of carbonyl (C=O) groups excluding carboxylic acids is 1. The van der Waals surface area contributed by atoms with Gasteiger partial charge in [0.25, 0.3) is 0 Å². The number of allylic oxidation sites excluding steroid dienone is 4. The summed E-state index contributed by atoms with van der Waals surface area (Å²) in [5.74, 6) is 1.24. The highest BCUT2D eigenvalue weighted by Gasteiger charge is 2.61. The van der Waals surface area contributed by atoms with E-state index in [1.165, 1.54) is 5.57 Å². The number of rotatable bonds is 0. The summed E-state index contributed by atoms with van der Waals surface area (Å²) < 4.78 is 0. The summed E-state index contributed by atoms with van der Waals surface area (Å²) in [7, 11) is 0. The molecule has 3 nitrogen and oxygen atoms in total. The number of ketones is 1. The third-order valence-electron chi connectivity index (χ3n) is 7.49. The van der Waals surface area contributed by atoms with E-state index in [4.69, 9.17) is 0 Å². The third-order valence-corrected chi connectivity index (χ3v) is 7.49. The van der Waals surface area contributed by atoms with Gasteiger partial charge in [0.2, 0.25) is 0 Å². The van der Waals surface area contributed by atoms with Crippen LogP contribution in [-0.4, -0.2) is 28.2 Å². The highest BCUT2D eigenvalue weighted by Crippen LogP contribution is 2.64. The topological polar surface area (TPSA) is 57.5 Å². The molecular formula is C19H26O3.